The van der Waals surface area contributed by atoms with Crippen molar-refractivity contribution in [1.29, 1.82) is 0 Å². The third-order valence-electron chi connectivity index (χ3n) is 4.07. The van der Waals surface area contributed by atoms with Crippen LogP contribution in [0, 0.1) is 0 Å². The van der Waals surface area contributed by atoms with Crippen LogP contribution in [0.15, 0.2) is 60.8 Å². The van der Waals surface area contributed by atoms with E-state index >= 15 is 0 Å². The molecule has 21 heavy (non-hydrogen) atoms. The van der Waals surface area contributed by atoms with Gasteiger partial charge in [0.15, 0.2) is 0 Å². The SMILES string of the molecule is c1cnc2cc(-c3ccc(CNC4CC4)cc3)ccc2c1. The number of rotatable bonds is 4. The molecule has 0 aliphatic heterocycles. The molecule has 0 saturated heterocycles. The summed E-state index contributed by atoms with van der Waals surface area (Å²) in [6.45, 7) is 0.976. The van der Waals surface area contributed by atoms with Gasteiger partial charge in [-0.05, 0) is 41.7 Å². The molecule has 0 amide bonds. The van der Waals surface area contributed by atoms with Crippen LogP contribution in [0.4, 0.5) is 0 Å². The van der Waals surface area contributed by atoms with Crippen LogP contribution in [-0.2, 0) is 6.54 Å². The Morgan fingerprint density at radius 3 is 2.57 bits per heavy atom. The minimum absolute atomic E-state index is 0.760. The van der Waals surface area contributed by atoms with Crippen molar-refractivity contribution >= 4 is 10.9 Å². The van der Waals surface area contributed by atoms with Crippen molar-refractivity contribution in [2.75, 3.05) is 0 Å². The van der Waals surface area contributed by atoms with E-state index in [9.17, 15) is 0 Å². The smallest absolute Gasteiger partial charge is 0.0708 e. The van der Waals surface area contributed by atoms with E-state index in [1.54, 1.807) is 0 Å². The second-order valence-electron chi connectivity index (χ2n) is 5.76. The van der Waals surface area contributed by atoms with Crippen molar-refractivity contribution in [2.24, 2.45) is 0 Å². The fourth-order valence-electron chi connectivity index (χ4n) is 2.61. The van der Waals surface area contributed by atoms with Gasteiger partial charge in [-0.1, -0.05) is 42.5 Å². The summed E-state index contributed by atoms with van der Waals surface area (Å²) in [5.74, 6) is 0. The molecule has 1 aromatic heterocycles. The van der Waals surface area contributed by atoms with Crippen LogP contribution in [-0.4, -0.2) is 11.0 Å². The second kappa shape index (κ2) is 5.30. The number of fused-ring (bicyclic) bond motifs is 1. The maximum absolute atomic E-state index is 4.43. The summed E-state index contributed by atoms with van der Waals surface area (Å²) in [5, 5.41) is 4.73. The van der Waals surface area contributed by atoms with Gasteiger partial charge in [-0.15, -0.1) is 0 Å². The quantitative estimate of drug-likeness (QED) is 0.773. The van der Waals surface area contributed by atoms with E-state index in [0.29, 0.717) is 0 Å². The number of benzene rings is 2. The molecule has 3 aromatic rings. The summed E-state index contributed by atoms with van der Waals surface area (Å²) >= 11 is 0. The number of nitrogens with one attached hydrogen (secondary N) is 1. The van der Waals surface area contributed by atoms with Gasteiger partial charge in [0.25, 0.3) is 0 Å². The molecule has 104 valence electrons. The van der Waals surface area contributed by atoms with Crippen molar-refractivity contribution < 1.29 is 0 Å². The van der Waals surface area contributed by atoms with Gasteiger partial charge in [-0.25, -0.2) is 0 Å². The monoisotopic (exact) mass is 274 g/mol. The fourth-order valence-corrected chi connectivity index (χ4v) is 2.61. The average Bonchev–Trinajstić information content (AvgIpc) is 3.37. The van der Waals surface area contributed by atoms with Crippen molar-refractivity contribution in [3.8, 4) is 11.1 Å². The maximum Gasteiger partial charge on any atom is 0.0708 e. The highest BCUT2D eigenvalue weighted by Crippen LogP contribution is 2.24. The van der Waals surface area contributed by atoms with E-state index in [2.05, 4.69) is 58.8 Å². The predicted molar refractivity (Wildman–Crippen MR) is 87.0 cm³/mol. The third kappa shape index (κ3) is 2.81. The number of hydrogen-bond donors (Lipinski definition) is 1. The van der Waals surface area contributed by atoms with E-state index in [1.807, 2.05) is 12.3 Å². The highest BCUT2D eigenvalue weighted by atomic mass is 14.9. The molecule has 0 spiro atoms. The summed E-state index contributed by atoms with van der Waals surface area (Å²) in [6, 6.07) is 20.1. The molecule has 1 fully saturated rings. The van der Waals surface area contributed by atoms with E-state index in [4.69, 9.17) is 0 Å². The topological polar surface area (TPSA) is 24.9 Å². The van der Waals surface area contributed by atoms with Crippen molar-refractivity contribution in [3.05, 3.63) is 66.4 Å². The first-order chi connectivity index (χ1) is 10.4. The third-order valence-corrected chi connectivity index (χ3v) is 4.07. The zero-order valence-electron chi connectivity index (χ0n) is 11.9. The van der Waals surface area contributed by atoms with Crippen LogP contribution in [0.3, 0.4) is 0 Å². The number of pyridine rings is 1. The molecule has 2 nitrogen and oxygen atoms in total. The van der Waals surface area contributed by atoms with Gasteiger partial charge in [0.2, 0.25) is 0 Å². The lowest BCUT2D eigenvalue weighted by atomic mass is 10.0. The Balaban J connectivity index is 1.58. The van der Waals surface area contributed by atoms with Gasteiger partial charge >= 0.3 is 0 Å². The van der Waals surface area contributed by atoms with Crippen molar-refractivity contribution in [1.82, 2.24) is 10.3 Å². The van der Waals surface area contributed by atoms with E-state index in [0.717, 1.165) is 18.1 Å². The molecule has 4 rings (SSSR count). The molecule has 2 heteroatoms. The Hall–Kier alpha value is -2.19. The molecular weight excluding hydrogens is 256 g/mol. The molecule has 1 aliphatic rings. The van der Waals surface area contributed by atoms with E-state index in [1.165, 1.54) is 34.9 Å². The molecular formula is C19H18N2. The predicted octanol–water partition coefficient (Wildman–Crippen LogP) is 4.15. The molecule has 0 radical (unpaired) electrons. The highest BCUT2D eigenvalue weighted by molar-refractivity contribution is 5.84. The van der Waals surface area contributed by atoms with Gasteiger partial charge < -0.3 is 5.32 Å². The Kier molecular flexibility index (Phi) is 3.17. The summed E-state index contributed by atoms with van der Waals surface area (Å²) in [7, 11) is 0. The molecule has 0 bridgehead atoms. The van der Waals surface area contributed by atoms with Crippen LogP contribution in [0.1, 0.15) is 18.4 Å². The lowest BCUT2D eigenvalue weighted by molar-refractivity contribution is 0.688. The average molecular weight is 274 g/mol. The fraction of sp³-hybridized carbons (Fsp3) is 0.211. The Bertz CT molecular complexity index is 758. The molecule has 1 N–H and O–H groups in total. The van der Waals surface area contributed by atoms with Crippen LogP contribution in [0.2, 0.25) is 0 Å². The zero-order chi connectivity index (χ0) is 14.1. The van der Waals surface area contributed by atoms with Crippen LogP contribution >= 0.6 is 0 Å². The minimum Gasteiger partial charge on any atom is -0.310 e. The summed E-state index contributed by atoms with van der Waals surface area (Å²) in [6.07, 6.45) is 4.52. The van der Waals surface area contributed by atoms with Crippen LogP contribution < -0.4 is 5.32 Å². The first-order valence-electron chi connectivity index (χ1n) is 7.56. The molecule has 0 unspecified atom stereocenters. The molecule has 2 aromatic carbocycles. The Morgan fingerprint density at radius 2 is 1.76 bits per heavy atom. The highest BCUT2D eigenvalue weighted by Gasteiger charge is 2.19. The normalized spacial score (nSPS) is 14.5. The largest absolute Gasteiger partial charge is 0.310 e. The standard InChI is InChI=1S/C19H18N2/c1-2-16-7-8-17(12-19(16)20-11-1)15-5-3-14(4-6-15)13-21-18-9-10-18/h1-8,11-12,18,21H,9-10,13H2. The van der Waals surface area contributed by atoms with Gasteiger partial charge in [0.1, 0.15) is 0 Å². The van der Waals surface area contributed by atoms with Crippen molar-refractivity contribution in [2.45, 2.75) is 25.4 Å². The number of hydrogen-bond acceptors (Lipinski definition) is 2. The minimum atomic E-state index is 0.760. The first-order valence-corrected chi connectivity index (χ1v) is 7.56. The second-order valence-corrected chi connectivity index (χ2v) is 5.76. The molecule has 1 aliphatic carbocycles. The van der Waals surface area contributed by atoms with E-state index < -0.39 is 0 Å². The Morgan fingerprint density at radius 1 is 0.952 bits per heavy atom. The first kappa shape index (κ1) is 12.5. The zero-order valence-corrected chi connectivity index (χ0v) is 11.9. The van der Waals surface area contributed by atoms with Gasteiger partial charge in [-0.3, -0.25) is 4.98 Å². The number of aromatic nitrogens is 1. The van der Waals surface area contributed by atoms with Crippen molar-refractivity contribution in [3.63, 3.8) is 0 Å². The summed E-state index contributed by atoms with van der Waals surface area (Å²) in [4.78, 5) is 4.43. The molecule has 1 saturated carbocycles. The van der Waals surface area contributed by atoms with Crippen LogP contribution in [0.25, 0.3) is 22.0 Å². The maximum atomic E-state index is 4.43. The lowest BCUT2D eigenvalue weighted by Crippen LogP contribution is -2.14. The number of nitrogens with zero attached hydrogens (tertiary/aromatic N) is 1. The van der Waals surface area contributed by atoms with E-state index in [-0.39, 0.29) is 0 Å². The molecule has 0 atom stereocenters. The molecule has 1 heterocycles. The Labute approximate surface area is 124 Å². The van der Waals surface area contributed by atoms with Gasteiger partial charge in [-0.2, -0.15) is 0 Å². The van der Waals surface area contributed by atoms with Gasteiger partial charge in [0, 0.05) is 24.2 Å². The van der Waals surface area contributed by atoms with Gasteiger partial charge in [0.05, 0.1) is 5.52 Å². The lowest BCUT2D eigenvalue weighted by Gasteiger charge is -2.06. The summed E-state index contributed by atoms with van der Waals surface area (Å²) < 4.78 is 0. The van der Waals surface area contributed by atoms with Crippen LogP contribution in [0.5, 0.6) is 0 Å². The summed E-state index contributed by atoms with van der Waals surface area (Å²) in [5.41, 5.74) is 4.87.